The summed E-state index contributed by atoms with van der Waals surface area (Å²) >= 11 is 8.63. The van der Waals surface area contributed by atoms with Gasteiger partial charge in [-0.3, -0.25) is 4.79 Å². The topological polar surface area (TPSA) is 52.9 Å². The standard InChI is InChI=1S/C15H13ClN2OS2/c1-8-2-3-9-10(7-17)15(21-12(9)6-8)18-14(19)11-4-5-13(16)20-11/h4-5,8H,2-3,6H2,1H3,(H,18,19)/t8-/m1/s1. The Bertz CT molecular complexity index is 741. The average Bonchev–Trinajstić information content (AvgIpc) is 3.01. The zero-order valence-electron chi connectivity index (χ0n) is 11.4. The van der Waals surface area contributed by atoms with Gasteiger partial charge in [0.2, 0.25) is 0 Å². The summed E-state index contributed by atoms with van der Waals surface area (Å²) in [6.07, 6.45) is 3.03. The van der Waals surface area contributed by atoms with E-state index in [2.05, 4.69) is 18.3 Å². The number of anilines is 1. The Hall–Kier alpha value is -1.35. The van der Waals surface area contributed by atoms with E-state index in [9.17, 15) is 10.1 Å². The summed E-state index contributed by atoms with van der Waals surface area (Å²) in [5, 5.41) is 12.9. The van der Waals surface area contributed by atoms with Gasteiger partial charge in [0.25, 0.3) is 5.91 Å². The van der Waals surface area contributed by atoms with Crippen LogP contribution in [0.25, 0.3) is 0 Å². The molecule has 1 aliphatic carbocycles. The molecule has 0 radical (unpaired) electrons. The molecule has 0 aliphatic heterocycles. The summed E-state index contributed by atoms with van der Waals surface area (Å²) in [5.41, 5.74) is 1.76. The Morgan fingerprint density at radius 2 is 2.29 bits per heavy atom. The second-order valence-corrected chi connectivity index (χ2v) is 8.05. The minimum absolute atomic E-state index is 0.199. The first-order valence-electron chi connectivity index (χ1n) is 6.69. The number of thiophene rings is 2. The van der Waals surface area contributed by atoms with Crippen molar-refractivity contribution in [1.29, 1.82) is 5.26 Å². The van der Waals surface area contributed by atoms with E-state index in [0.717, 1.165) is 24.8 Å². The number of fused-ring (bicyclic) bond motifs is 1. The number of rotatable bonds is 2. The third kappa shape index (κ3) is 2.84. The summed E-state index contributed by atoms with van der Waals surface area (Å²) in [6, 6.07) is 5.65. The predicted octanol–water partition coefficient (Wildman–Crippen LogP) is 4.71. The SMILES string of the molecule is C[C@@H]1CCc2c(sc(NC(=O)c3ccc(Cl)s3)c2C#N)C1. The predicted molar refractivity (Wildman–Crippen MR) is 87.5 cm³/mol. The van der Waals surface area contributed by atoms with Crippen molar-refractivity contribution in [2.24, 2.45) is 5.92 Å². The summed E-state index contributed by atoms with van der Waals surface area (Å²) in [7, 11) is 0. The van der Waals surface area contributed by atoms with E-state index < -0.39 is 0 Å². The van der Waals surface area contributed by atoms with Crippen LogP contribution in [0.5, 0.6) is 0 Å². The number of carbonyl (C=O) groups excluding carboxylic acids is 1. The number of carbonyl (C=O) groups is 1. The van der Waals surface area contributed by atoms with Crippen LogP contribution >= 0.6 is 34.3 Å². The smallest absolute Gasteiger partial charge is 0.266 e. The molecule has 2 heterocycles. The van der Waals surface area contributed by atoms with Gasteiger partial charge in [0, 0.05) is 4.88 Å². The summed E-state index contributed by atoms with van der Waals surface area (Å²) in [6.45, 7) is 2.22. The Kier molecular flexibility index (Phi) is 4.03. The molecule has 0 spiro atoms. The van der Waals surface area contributed by atoms with Gasteiger partial charge in [0.05, 0.1) is 14.8 Å². The van der Waals surface area contributed by atoms with Gasteiger partial charge >= 0.3 is 0 Å². The maximum Gasteiger partial charge on any atom is 0.266 e. The van der Waals surface area contributed by atoms with Gasteiger partial charge in [-0.25, -0.2) is 0 Å². The zero-order chi connectivity index (χ0) is 15.0. The van der Waals surface area contributed by atoms with Crippen molar-refractivity contribution in [1.82, 2.24) is 0 Å². The number of nitrogens with zero attached hydrogens (tertiary/aromatic N) is 1. The molecule has 1 aliphatic rings. The minimum Gasteiger partial charge on any atom is -0.312 e. The number of halogens is 1. The molecular formula is C15H13ClN2OS2. The molecule has 0 bridgehead atoms. The fraction of sp³-hybridized carbons (Fsp3) is 0.333. The lowest BCUT2D eigenvalue weighted by Crippen LogP contribution is -2.10. The van der Waals surface area contributed by atoms with Gasteiger partial charge in [-0.2, -0.15) is 5.26 Å². The van der Waals surface area contributed by atoms with Crippen LogP contribution in [0.1, 0.15) is 39.0 Å². The first-order chi connectivity index (χ1) is 10.1. The van der Waals surface area contributed by atoms with Crippen LogP contribution in [-0.2, 0) is 12.8 Å². The highest BCUT2D eigenvalue weighted by Gasteiger charge is 2.25. The molecule has 3 nitrogen and oxygen atoms in total. The van der Waals surface area contributed by atoms with Gasteiger partial charge in [0.1, 0.15) is 11.1 Å². The van der Waals surface area contributed by atoms with E-state index in [1.807, 2.05) is 0 Å². The van der Waals surface area contributed by atoms with E-state index in [1.54, 1.807) is 12.1 Å². The molecule has 0 saturated heterocycles. The largest absolute Gasteiger partial charge is 0.312 e. The average molecular weight is 337 g/mol. The van der Waals surface area contributed by atoms with Gasteiger partial charge in [0.15, 0.2) is 0 Å². The molecule has 1 N–H and O–H groups in total. The highest BCUT2D eigenvalue weighted by atomic mass is 35.5. The molecular weight excluding hydrogens is 324 g/mol. The first-order valence-corrected chi connectivity index (χ1v) is 8.71. The van der Waals surface area contributed by atoms with Crippen LogP contribution < -0.4 is 5.32 Å². The number of hydrogen-bond acceptors (Lipinski definition) is 4. The van der Waals surface area contributed by atoms with Crippen molar-refractivity contribution in [2.45, 2.75) is 26.2 Å². The zero-order valence-corrected chi connectivity index (χ0v) is 13.8. The molecule has 0 aromatic carbocycles. The van der Waals surface area contributed by atoms with Crippen LogP contribution in [-0.4, -0.2) is 5.91 Å². The highest BCUT2D eigenvalue weighted by Crippen LogP contribution is 2.39. The lowest BCUT2D eigenvalue weighted by molar-refractivity contribution is 0.103. The summed E-state index contributed by atoms with van der Waals surface area (Å²) in [4.78, 5) is 14.0. The van der Waals surface area contributed by atoms with Gasteiger partial charge in [-0.05, 0) is 42.9 Å². The third-order valence-corrected chi connectivity index (χ3v) is 6.05. The van der Waals surface area contributed by atoms with Crippen LogP contribution in [0, 0.1) is 17.2 Å². The molecule has 6 heteroatoms. The van der Waals surface area contributed by atoms with E-state index >= 15 is 0 Å². The fourth-order valence-corrected chi connectivity index (χ4v) is 4.85. The van der Waals surface area contributed by atoms with Crippen LogP contribution in [0.2, 0.25) is 4.34 Å². The molecule has 21 heavy (non-hydrogen) atoms. The Labute approximate surface area is 136 Å². The molecule has 0 unspecified atom stereocenters. The quantitative estimate of drug-likeness (QED) is 0.863. The molecule has 108 valence electrons. The maximum absolute atomic E-state index is 12.2. The lowest BCUT2D eigenvalue weighted by atomic mass is 9.89. The van der Waals surface area contributed by atoms with E-state index in [0.29, 0.717) is 25.7 Å². The molecule has 1 atom stereocenters. The van der Waals surface area contributed by atoms with Gasteiger partial charge in [-0.1, -0.05) is 18.5 Å². The first kappa shape index (κ1) is 14.6. The van der Waals surface area contributed by atoms with Crippen molar-refractivity contribution in [2.75, 3.05) is 5.32 Å². The van der Waals surface area contributed by atoms with Crippen molar-refractivity contribution >= 4 is 45.2 Å². The normalized spacial score (nSPS) is 17.1. The molecule has 0 saturated carbocycles. The van der Waals surface area contributed by atoms with Crippen LogP contribution in [0.3, 0.4) is 0 Å². The molecule has 2 aromatic heterocycles. The number of amides is 1. The monoisotopic (exact) mass is 336 g/mol. The summed E-state index contributed by atoms with van der Waals surface area (Å²) < 4.78 is 0.583. The van der Waals surface area contributed by atoms with E-state index in [-0.39, 0.29) is 5.91 Å². The van der Waals surface area contributed by atoms with Crippen molar-refractivity contribution < 1.29 is 4.79 Å². The Morgan fingerprint density at radius 3 is 2.95 bits per heavy atom. The number of nitrogens with one attached hydrogen (secondary N) is 1. The maximum atomic E-state index is 12.2. The van der Waals surface area contributed by atoms with Crippen molar-refractivity contribution in [3.8, 4) is 6.07 Å². The minimum atomic E-state index is -0.199. The van der Waals surface area contributed by atoms with Crippen LogP contribution in [0.15, 0.2) is 12.1 Å². The molecule has 3 rings (SSSR count). The van der Waals surface area contributed by atoms with E-state index in [4.69, 9.17) is 11.6 Å². The Morgan fingerprint density at radius 1 is 1.48 bits per heavy atom. The number of hydrogen-bond donors (Lipinski definition) is 1. The molecule has 2 aromatic rings. The van der Waals surface area contributed by atoms with Gasteiger partial charge in [-0.15, -0.1) is 22.7 Å². The summed E-state index contributed by atoms with van der Waals surface area (Å²) in [5.74, 6) is 0.442. The molecule has 0 fully saturated rings. The third-order valence-electron chi connectivity index (χ3n) is 3.65. The van der Waals surface area contributed by atoms with Crippen molar-refractivity contribution in [3.05, 3.63) is 37.4 Å². The Balaban J connectivity index is 1.89. The number of nitriles is 1. The molecule has 1 amide bonds. The van der Waals surface area contributed by atoms with Crippen molar-refractivity contribution in [3.63, 3.8) is 0 Å². The second kappa shape index (κ2) is 5.80. The highest BCUT2D eigenvalue weighted by molar-refractivity contribution is 7.18. The van der Waals surface area contributed by atoms with E-state index in [1.165, 1.54) is 27.6 Å². The fourth-order valence-electron chi connectivity index (χ4n) is 2.56. The second-order valence-electron chi connectivity index (χ2n) is 5.23. The lowest BCUT2D eigenvalue weighted by Gasteiger charge is -2.17. The van der Waals surface area contributed by atoms with Crippen LogP contribution in [0.4, 0.5) is 5.00 Å². The van der Waals surface area contributed by atoms with Gasteiger partial charge < -0.3 is 5.32 Å².